The maximum Gasteiger partial charge on any atom is 0.346 e. The van der Waals surface area contributed by atoms with E-state index in [0.717, 1.165) is 29.3 Å². The number of carbonyl (C=O) groups is 2. The van der Waals surface area contributed by atoms with Gasteiger partial charge in [-0.25, -0.2) is 4.79 Å². The summed E-state index contributed by atoms with van der Waals surface area (Å²) in [5.41, 5.74) is 1.12. The van der Waals surface area contributed by atoms with Crippen LogP contribution in [0, 0.1) is 0 Å². The van der Waals surface area contributed by atoms with Gasteiger partial charge in [-0.15, -0.1) is 5.01 Å². The number of rotatable bonds is 6. The summed E-state index contributed by atoms with van der Waals surface area (Å²) < 4.78 is 0. The highest BCUT2D eigenvalue weighted by Gasteiger charge is 2.46. The molecule has 23 heavy (non-hydrogen) atoms. The highest BCUT2D eigenvalue weighted by Crippen LogP contribution is 2.21. The van der Waals surface area contributed by atoms with E-state index >= 15 is 0 Å². The number of imide groups is 1. The van der Waals surface area contributed by atoms with E-state index in [9.17, 15) is 9.59 Å². The Labute approximate surface area is 137 Å². The summed E-state index contributed by atoms with van der Waals surface area (Å²) in [4.78, 5) is 26.3. The number of carbonyl (C=O) groups excluding carboxylic acids is 2. The van der Waals surface area contributed by atoms with Crippen LogP contribution in [0.15, 0.2) is 29.4 Å². The molecule has 0 bridgehead atoms. The molecule has 0 spiro atoms. The lowest BCUT2D eigenvalue weighted by Crippen LogP contribution is -2.42. The quantitative estimate of drug-likeness (QED) is 0.648. The summed E-state index contributed by atoms with van der Waals surface area (Å²) in [7, 11) is 0. The van der Waals surface area contributed by atoms with E-state index in [1.54, 1.807) is 6.92 Å². The molecule has 0 radical (unpaired) electrons. The van der Waals surface area contributed by atoms with Crippen molar-refractivity contribution in [2.45, 2.75) is 39.7 Å². The number of nitrogens with zero attached hydrogens (tertiary/aromatic N) is 3. The van der Waals surface area contributed by atoms with Gasteiger partial charge in [0.15, 0.2) is 0 Å². The van der Waals surface area contributed by atoms with Crippen LogP contribution in [0.25, 0.3) is 0 Å². The van der Waals surface area contributed by atoms with Crippen molar-refractivity contribution in [3.8, 4) is 0 Å². The molecule has 0 unspecified atom stereocenters. The van der Waals surface area contributed by atoms with E-state index < -0.39 is 11.6 Å². The molecule has 124 valence electrons. The molecule has 0 aliphatic carbocycles. The fourth-order valence-electron chi connectivity index (χ4n) is 2.50. The van der Waals surface area contributed by atoms with Crippen LogP contribution in [0.3, 0.4) is 0 Å². The van der Waals surface area contributed by atoms with Gasteiger partial charge in [0.2, 0.25) is 0 Å². The van der Waals surface area contributed by atoms with Gasteiger partial charge in [-0.2, -0.15) is 5.10 Å². The second-order valence-corrected chi connectivity index (χ2v) is 5.74. The van der Waals surface area contributed by atoms with Gasteiger partial charge < -0.3 is 10.2 Å². The number of amides is 3. The molecule has 1 aromatic rings. The first-order valence-electron chi connectivity index (χ1n) is 8.00. The third-order valence-electron chi connectivity index (χ3n) is 4.29. The van der Waals surface area contributed by atoms with Crippen molar-refractivity contribution in [2.24, 2.45) is 5.10 Å². The normalized spacial score (nSPS) is 21.1. The van der Waals surface area contributed by atoms with E-state index in [4.69, 9.17) is 0 Å². The molecule has 1 N–H and O–H groups in total. The number of urea groups is 1. The SMILES string of the molecule is CCN(CC)c1ccc(/C=N\N2C(=O)N[C@@](C)(CC)C2=O)cc1. The molecule has 1 aromatic carbocycles. The standard InChI is InChI=1S/C17H24N4O2/c1-5-17(4)15(22)21(16(23)19-17)18-12-13-8-10-14(11-9-13)20(6-2)7-3/h8-12H,5-7H2,1-4H3,(H,19,23)/b18-12-/t17-/m0/s1. The van der Waals surface area contributed by atoms with Gasteiger partial charge in [-0.1, -0.05) is 19.1 Å². The predicted molar refractivity (Wildman–Crippen MR) is 91.7 cm³/mol. The zero-order valence-electron chi connectivity index (χ0n) is 14.2. The topological polar surface area (TPSA) is 65.0 Å². The number of anilines is 1. The zero-order chi connectivity index (χ0) is 17.0. The molecule has 6 nitrogen and oxygen atoms in total. The van der Waals surface area contributed by atoms with Crippen molar-refractivity contribution in [1.29, 1.82) is 0 Å². The molecule has 0 aromatic heterocycles. The second kappa shape index (κ2) is 6.81. The Kier molecular flexibility index (Phi) is 5.03. The molecule has 1 aliphatic heterocycles. The minimum absolute atomic E-state index is 0.319. The lowest BCUT2D eigenvalue weighted by Gasteiger charge is -2.20. The van der Waals surface area contributed by atoms with Gasteiger partial charge in [0.25, 0.3) is 5.91 Å². The Morgan fingerprint density at radius 3 is 2.26 bits per heavy atom. The van der Waals surface area contributed by atoms with Gasteiger partial charge in [0.05, 0.1) is 6.21 Å². The molecule has 0 saturated carbocycles. The van der Waals surface area contributed by atoms with Gasteiger partial charge >= 0.3 is 6.03 Å². The Hall–Kier alpha value is -2.37. The van der Waals surface area contributed by atoms with Crippen LogP contribution in [-0.2, 0) is 4.79 Å². The van der Waals surface area contributed by atoms with Crippen LogP contribution >= 0.6 is 0 Å². The van der Waals surface area contributed by atoms with E-state index in [0.29, 0.717) is 6.42 Å². The minimum Gasteiger partial charge on any atom is -0.372 e. The minimum atomic E-state index is -0.860. The fourth-order valence-corrected chi connectivity index (χ4v) is 2.50. The Bertz CT molecular complexity index is 608. The van der Waals surface area contributed by atoms with Crippen molar-refractivity contribution in [1.82, 2.24) is 10.3 Å². The van der Waals surface area contributed by atoms with Crippen LogP contribution in [0.1, 0.15) is 39.7 Å². The molecule has 1 aliphatic rings. The van der Waals surface area contributed by atoms with Crippen LogP contribution in [0.5, 0.6) is 0 Å². The van der Waals surface area contributed by atoms with Crippen molar-refractivity contribution >= 4 is 23.8 Å². The highest BCUT2D eigenvalue weighted by molar-refractivity contribution is 6.07. The van der Waals surface area contributed by atoms with Gasteiger partial charge in [0.1, 0.15) is 5.54 Å². The van der Waals surface area contributed by atoms with Gasteiger partial charge in [-0.05, 0) is 44.9 Å². The first kappa shape index (κ1) is 17.0. The van der Waals surface area contributed by atoms with Crippen molar-refractivity contribution in [3.05, 3.63) is 29.8 Å². The summed E-state index contributed by atoms with van der Waals surface area (Å²) in [6.07, 6.45) is 2.06. The maximum absolute atomic E-state index is 12.2. The number of hydrogen-bond donors (Lipinski definition) is 1. The molecule has 1 atom stereocenters. The molecular weight excluding hydrogens is 292 g/mol. The molecule has 1 heterocycles. The lowest BCUT2D eigenvalue weighted by molar-refractivity contribution is -0.130. The number of nitrogens with one attached hydrogen (secondary N) is 1. The summed E-state index contributed by atoms with van der Waals surface area (Å²) >= 11 is 0. The van der Waals surface area contributed by atoms with Crippen molar-refractivity contribution < 1.29 is 9.59 Å². The molecular formula is C17H24N4O2. The first-order chi connectivity index (χ1) is 10.9. The van der Waals surface area contributed by atoms with Crippen LogP contribution in [0.2, 0.25) is 0 Å². The number of hydrazone groups is 1. The van der Waals surface area contributed by atoms with Crippen LogP contribution in [0.4, 0.5) is 10.5 Å². The highest BCUT2D eigenvalue weighted by atomic mass is 16.2. The fraction of sp³-hybridized carbons (Fsp3) is 0.471. The maximum atomic E-state index is 12.2. The van der Waals surface area contributed by atoms with E-state index in [1.165, 1.54) is 6.21 Å². The van der Waals surface area contributed by atoms with Gasteiger partial charge in [0, 0.05) is 18.8 Å². The monoisotopic (exact) mass is 316 g/mol. The Morgan fingerprint density at radius 2 is 1.78 bits per heavy atom. The number of hydrogen-bond acceptors (Lipinski definition) is 4. The second-order valence-electron chi connectivity index (χ2n) is 5.74. The Morgan fingerprint density at radius 1 is 1.17 bits per heavy atom. The smallest absolute Gasteiger partial charge is 0.346 e. The van der Waals surface area contributed by atoms with Gasteiger partial charge in [-0.3, -0.25) is 4.79 Å². The van der Waals surface area contributed by atoms with Crippen molar-refractivity contribution in [3.63, 3.8) is 0 Å². The van der Waals surface area contributed by atoms with E-state index in [1.807, 2.05) is 31.2 Å². The molecule has 1 saturated heterocycles. The van der Waals surface area contributed by atoms with Crippen molar-refractivity contribution in [2.75, 3.05) is 18.0 Å². The number of benzene rings is 1. The average molecular weight is 316 g/mol. The van der Waals surface area contributed by atoms with Crippen LogP contribution in [-0.4, -0.2) is 41.8 Å². The van der Waals surface area contributed by atoms with E-state index in [-0.39, 0.29) is 5.91 Å². The largest absolute Gasteiger partial charge is 0.372 e. The van der Waals surface area contributed by atoms with E-state index in [2.05, 4.69) is 29.2 Å². The summed E-state index contributed by atoms with van der Waals surface area (Å²) in [5, 5.41) is 7.62. The van der Waals surface area contributed by atoms with Crippen LogP contribution < -0.4 is 10.2 Å². The lowest BCUT2D eigenvalue weighted by atomic mass is 10.00. The third kappa shape index (κ3) is 3.36. The average Bonchev–Trinajstić information content (AvgIpc) is 2.78. The zero-order valence-corrected chi connectivity index (χ0v) is 14.2. The first-order valence-corrected chi connectivity index (χ1v) is 8.00. The molecule has 6 heteroatoms. The molecule has 2 rings (SSSR count). The Balaban J connectivity index is 2.12. The predicted octanol–water partition coefficient (Wildman–Crippen LogP) is 2.59. The summed E-state index contributed by atoms with van der Waals surface area (Å²) in [5.74, 6) is -0.319. The summed E-state index contributed by atoms with van der Waals surface area (Å²) in [6, 6.07) is 7.39. The molecule has 1 fully saturated rings. The molecule has 3 amide bonds. The summed E-state index contributed by atoms with van der Waals surface area (Å²) in [6.45, 7) is 9.69. The third-order valence-corrected chi connectivity index (χ3v) is 4.29.